The summed E-state index contributed by atoms with van der Waals surface area (Å²) in [5.74, 6) is 0. The molecule has 0 spiro atoms. The van der Waals surface area contributed by atoms with Crippen molar-refractivity contribution in [1.29, 1.82) is 0 Å². The Kier molecular flexibility index (Phi) is 5040. The molecule has 0 aliphatic rings. The molecule has 0 aliphatic carbocycles. The second kappa shape index (κ2) is 1850. The van der Waals surface area contributed by atoms with E-state index < -0.39 is 0 Å². The maximum absolute atomic E-state index is 8.19. The third kappa shape index (κ3) is 872. The molecule has 0 aliphatic heterocycles. The third-order valence-corrected chi connectivity index (χ3v) is 0. The van der Waals surface area contributed by atoms with Gasteiger partial charge >= 0.3 is 21.0 Å². The van der Waals surface area contributed by atoms with Crippen molar-refractivity contribution in [2.24, 2.45) is 0 Å². The maximum atomic E-state index is 8.19. The molecule has 6 heavy (non-hydrogen) atoms. The molecule has 0 aromatic carbocycles. The fraction of sp³-hybridized carbons (Fsp3) is 0. The number of hydrogen-bond donors (Lipinski definition) is 4. The molecule has 6 heteroatoms. The Balaban J connectivity index is -0.0000000225. The SMILES string of the molecule is OO.OO.[O]=[V]. The summed E-state index contributed by atoms with van der Waals surface area (Å²) in [5, 5.41) is 24.0. The van der Waals surface area contributed by atoms with Crippen molar-refractivity contribution in [3.63, 3.8) is 0 Å². The van der Waals surface area contributed by atoms with Crippen molar-refractivity contribution in [2.75, 3.05) is 0 Å². The zero-order valence-electron chi connectivity index (χ0n) is 2.64. The quantitative estimate of drug-likeness (QED) is 0.275. The summed E-state index contributed by atoms with van der Waals surface area (Å²) in [4.78, 5) is 0. The number of rotatable bonds is 0. The van der Waals surface area contributed by atoms with Crippen molar-refractivity contribution in [3.8, 4) is 0 Å². The molecule has 0 saturated carbocycles. The van der Waals surface area contributed by atoms with Gasteiger partial charge < -0.3 is 0 Å². The topological polar surface area (TPSA) is 98.0 Å². The Morgan fingerprint density at radius 1 is 0.833 bits per heavy atom. The predicted octanol–water partition coefficient (Wildman–Crippen LogP) is -0.0865. The first kappa shape index (κ1) is 16.3. The molecule has 0 bridgehead atoms. The Hall–Kier alpha value is 0.224. The Labute approximate surface area is 42.9 Å². The van der Waals surface area contributed by atoms with Crippen molar-refractivity contribution < 1.29 is 42.1 Å². The molecule has 0 aromatic rings. The molecule has 0 unspecified atom stereocenters. The van der Waals surface area contributed by atoms with Crippen LogP contribution in [0.4, 0.5) is 0 Å². The van der Waals surface area contributed by atoms with E-state index in [1.807, 2.05) is 0 Å². The molecule has 0 saturated heterocycles. The molecule has 0 rings (SSSR count). The van der Waals surface area contributed by atoms with Gasteiger partial charge in [-0.3, -0.25) is 21.0 Å². The molecule has 0 fully saturated rings. The molecule has 0 aromatic heterocycles. The van der Waals surface area contributed by atoms with Crippen LogP contribution in [0.3, 0.4) is 0 Å². The zero-order valence-corrected chi connectivity index (χ0v) is 4.04. The van der Waals surface area contributed by atoms with E-state index in [9.17, 15) is 0 Å². The predicted molar refractivity (Wildman–Crippen MR) is 11.2 cm³/mol. The minimum atomic E-state index is 1.06. The van der Waals surface area contributed by atoms with Gasteiger partial charge in [-0.25, -0.2) is 0 Å². The first-order valence-electron chi connectivity index (χ1n) is 0.583. The van der Waals surface area contributed by atoms with Gasteiger partial charge in [0.15, 0.2) is 0 Å². The van der Waals surface area contributed by atoms with Crippen LogP contribution in [0.5, 0.6) is 0 Å². The molecule has 0 amide bonds. The van der Waals surface area contributed by atoms with Gasteiger partial charge in [0.25, 0.3) is 0 Å². The fourth-order valence-electron chi connectivity index (χ4n) is 0. The summed E-state index contributed by atoms with van der Waals surface area (Å²) >= 11 is 1.06. The van der Waals surface area contributed by atoms with Crippen LogP contribution in [0.1, 0.15) is 0 Å². The van der Waals surface area contributed by atoms with E-state index in [4.69, 9.17) is 24.7 Å². The van der Waals surface area contributed by atoms with Gasteiger partial charge in [0.1, 0.15) is 0 Å². The van der Waals surface area contributed by atoms with E-state index in [2.05, 4.69) is 0 Å². The minimum absolute atomic E-state index is 1.06. The van der Waals surface area contributed by atoms with E-state index in [0.29, 0.717) is 0 Å². The van der Waals surface area contributed by atoms with E-state index in [-0.39, 0.29) is 0 Å². The van der Waals surface area contributed by atoms with Crippen molar-refractivity contribution in [1.82, 2.24) is 0 Å². The zero-order chi connectivity index (χ0) is 6.00. The van der Waals surface area contributed by atoms with Gasteiger partial charge in [-0.15, -0.1) is 0 Å². The summed E-state index contributed by atoms with van der Waals surface area (Å²) in [5.41, 5.74) is 0. The second-order valence-corrected chi connectivity index (χ2v) is 0. The summed E-state index contributed by atoms with van der Waals surface area (Å²) in [7, 11) is 0. The Bertz CT molecular complexity index is 3.90. The molecular weight excluding hydrogens is 131 g/mol. The molecule has 0 atom stereocenters. The van der Waals surface area contributed by atoms with Crippen LogP contribution in [-0.4, -0.2) is 21.0 Å². The average Bonchev–Trinajstić information content (AvgIpc) is 1.81. The van der Waals surface area contributed by atoms with E-state index >= 15 is 0 Å². The van der Waals surface area contributed by atoms with Crippen LogP contribution < -0.4 is 0 Å². The summed E-state index contributed by atoms with van der Waals surface area (Å²) in [6.45, 7) is 0. The Morgan fingerprint density at radius 2 is 0.833 bits per heavy atom. The van der Waals surface area contributed by atoms with Gasteiger partial charge in [0, 0.05) is 0 Å². The fourth-order valence-corrected chi connectivity index (χ4v) is 0. The van der Waals surface area contributed by atoms with Crippen molar-refractivity contribution in [3.05, 3.63) is 0 Å². The van der Waals surface area contributed by atoms with E-state index in [1.165, 1.54) is 0 Å². The molecule has 4 N–H and O–H groups in total. The normalized spacial score (nSPS) is 2.50. The van der Waals surface area contributed by atoms with Gasteiger partial charge in [-0.05, 0) is 0 Å². The Morgan fingerprint density at radius 3 is 0.833 bits per heavy atom. The van der Waals surface area contributed by atoms with Crippen LogP contribution in [0, 0.1) is 0 Å². The van der Waals surface area contributed by atoms with Crippen molar-refractivity contribution in [2.45, 2.75) is 0 Å². The molecule has 0 radical (unpaired) electrons. The van der Waals surface area contributed by atoms with E-state index in [1.54, 1.807) is 0 Å². The monoisotopic (exact) mass is 135 g/mol. The van der Waals surface area contributed by atoms with E-state index in [0.717, 1.165) is 17.4 Å². The summed E-state index contributed by atoms with van der Waals surface area (Å²) in [6, 6.07) is 0. The molecule has 0 heterocycles. The third-order valence-electron chi connectivity index (χ3n) is 0. The van der Waals surface area contributed by atoms with Crippen LogP contribution in [0.15, 0.2) is 0 Å². The van der Waals surface area contributed by atoms with Crippen LogP contribution >= 0.6 is 0 Å². The van der Waals surface area contributed by atoms with Gasteiger partial charge in [0.2, 0.25) is 0 Å². The second-order valence-electron chi connectivity index (χ2n) is 0. The standard InChI is InChI=1S/2H2O2.O.V/c2*1-2;;/h2*1-2H;;. The van der Waals surface area contributed by atoms with Crippen molar-refractivity contribution >= 4 is 0 Å². The molecular formula is H4O5V. The summed E-state index contributed by atoms with van der Waals surface area (Å²) < 4.78 is 8.19. The van der Waals surface area contributed by atoms with Gasteiger partial charge in [-0.2, -0.15) is 0 Å². The van der Waals surface area contributed by atoms with Gasteiger partial charge in [-0.1, -0.05) is 0 Å². The summed E-state index contributed by atoms with van der Waals surface area (Å²) in [6.07, 6.45) is 0. The molecule has 39 valence electrons. The first-order chi connectivity index (χ1) is 3.00. The van der Waals surface area contributed by atoms with Crippen LogP contribution in [-0.2, 0) is 21.0 Å². The van der Waals surface area contributed by atoms with Gasteiger partial charge in [0.05, 0.1) is 0 Å². The van der Waals surface area contributed by atoms with Crippen LogP contribution in [0.2, 0.25) is 0 Å². The average molecular weight is 135 g/mol. The first-order valence-corrected chi connectivity index (χ1v) is 1.15. The number of hydrogen-bond acceptors (Lipinski definition) is 5. The van der Waals surface area contributed by atoms with Crippen LogP contribution in [0.25, 0.3) is 0 Å². The molecule has 5 nitrogen and oxygen atoms in total.